The van der Waals surface area contributed by atoms with Crippen LogP contribution in [0, 0.1) is 0 Å². The number of aliphatic imine (C=N–C) groups is 2. The van der Waals surface area contributed by atoms with Crippen molar-refractivity contribution in [3.8, 4) is 11.4 Å². The highest BCUT2D eigenvalue weighted by atomic mass is 19.4. The molecule has 1 aromatic carbocycles. The van der Waals surface area contributed by atoms with Crippen LogP contribution < -0.4 is 0 Å². The van der Waals surface area contributed by atoms with Crippen molar-refractivity contribution in [1.29, 1.82) is 0 Å². The maximum atomic E-state index is 13.2. The van der Waals surface area contributed by atoms with Crippen LogP contribution in [0.5, 0.6) is 0 Å². The zero-order valence-corrected chi connectivity index (χ0v) is 17.4. The van der Waals surface area contributed by atoms with E-state index >= 15 is 0 Å². The molecule has 0 aliphatic rings. The average molecular weight is 479 g/mol. The second-order valence-corrected chi connectivity index (χ2v) is 6.75. The van der Waals surface area contributed by atoms with Crippen LogP contribution >= 0.6 is 0 Å². The van der Waals surface area contributed by atoms with Gasteiger partial charge in [0.2, 0.25) is 0 Å². The molecule has 3 aromatic rings. The van der Waals surface area contributed by atoms with Crippen LogP contribution in [-0.2, 0) is 12.4 Å². The van der Waals surface area contributed by atoms with E-state index in [-0.39, 0.29) is 11.9 Å². The van der Waals surface area contributed by atoms with Gasteiger partial charge >= 0.3 is 12.4 Å². The van der Waals surface area contributed by atoms with Crippen molar-refractivity contribution >= 4 is 24.8 Å². The molecule has 0 bridgehead atoms. The normalized spacial score (nSPS) is 13.5. The standard InChI is InChI=1S/C21H15F6N7/c1-13(9-29-11-28-2)17(18-4-3-5-31-32-18)10-34-12-30-19(33-34)14-6-15(20(22,23)24)8-16(7-14)21(25,26)27/h3-12H,2H2,1H3/b13-9+,17-10+,29-11-. The van der Waals surface area contributed by atoms with Gasteiger partial charge < -0.3 is 0 Å². The lowest BCUT2D eigenvalue weighted by Crippen LogP contribution is -2.11. The van der Waals surface area contributed by atoms with E-state index < -0.39 is 29.0 Å². The van der Waals surface area contributed by atoms with E-state index in [1.165, 1.54) is 24.9 Å². The number of hydrogen-bond donors (Lipinski definition) is 0. The highest BCUT2D eigenvalue weighted by Crippen LogP contribution is 2.38. The summed E-state index contributed by atoms with van der Waals surface area (Å²) in [7, 11) is 0. The average Bonchev–Trinajstić information content (AvgIpc) is 3.25. The van der Waals surface area contributed by atoms with Crippen molar-refractivity contribution in [1.82, 2.24) is 25.0 Å². The molecule has 2 heterocycles. The molecule has 0 unspecified atom stereocenters. The topological polar surface area (TPSA) is 81.2 Å². The van der Waals surface area contributed by atoms with E-state index in [0.717, 1.165) is 11.0 Å². The molecule has 0 amide bonds. The van der Waals surface area contributed by atoms with Crippen molar-refractivity contribution in [3.63, 3.8) is 0 Å². The summed E-state index contributed by atoms with van der Waals surface area (Å²) < 4.78 is 80.2. The van der Waals surface area contributed by atoms with Crippen molar-refractivity contribution < 1.29 is 26.3 Å². The smallest absolute Gasteiger partial charge is 0.253 e. The fourth-order valence-corrected chi connectivity index (χ4v) is 2.76. The molecule has 0 aliphatic heterocycles. The van der Waals surface area contributed by atoms with Gasteiger partial charge in [0.1, 0.15) is 12.7 Å². The SMILES string of the molecule is C=N\C=N/C=C(C)/C(=C\n1cnc(-c2cc(C(F)(F)F)cc(C(F)(F)F)c2)n1)c1cccnn1. The van der Waals surface area contributed by atoms with E-state index in [9.17, 15) is 26.3 Å². The van der Waals surface area contributed by atoms with Gasteiger partial charge in [0.15, 0.2) is 5.82 Å². The van der Waals surface area contributed by atoms with E-state index in [1.807, 2.05) is 0 Å². The summed E-state index contributed by atoms with van der Waals surface area (Å²) in [5, 5.41) is 11.8. The first-order chi connectivity index (χ1) is 16.0. The first kappa shape index (κ1) is 24.5. The largest absolute Gasteiger partial charge is 0.416 e. The molecule has 0 saturated carbocycles. The molecule has 3 rings (SSSR count). The molecule has 0 N–H and O–H groups in total. The van der Waals surface area contributed by atoms with Gasteiger partial charge in [-0.15, -0.1) is 5.10 Å². The quantitative estimate of drug-likeness (QED) is 0.205. The van der Waals surface area contributed by atoms with Crippen LogP contribution in [0.25, 0.3) is 23.2 Å². The van der Waals surface area contributed by atoms with E-state index in [2.05, 4.69) is 37.0 Å². The lowest BCUT2D eigenvalue weighted by molar-refractivity contribution is -0.143. The molecule has 0 spiro atoms. The minimum atomic E-state index is -4.99. The summed E-state index contributed by atoms with van der Waals surface area (Å²) in [5.74, 6) is -0.332. The lowest BCUT2D eigenvalue weighted by atomic mass is 10.0. The van der Waals surface area contributed by atoms with Crippen molar-refractivity contribution in [2.45, 2.75) is 19.3 Å². The number of hydrogen-bond acceptors (Lipinski definition) is 5. The van der Waals surface area contributed by atoms with Gasteiger partial charge in [0.25, 0.3) is 0 Å². The van der Waals surface area contributed by atoms with Crippen LogP contribution in [0.15, 0.2) is 64.6 Å². The third kappa shape index (κ3) is 5.99. The predicted molar refractivity (Wildman–Crippen MR) is 113 cm³/mol. The Morgan fingerprint density at radius 2 is 1.74 bits per heavy atom. The molecular weight excluding hydrogens is 464 g/mol. The second-order valence-electron chi connectivity index (χ2n) is 6.75. The van der Waals surface area contributed by atoms with Gasteiger partial charge in [0.05, 0.1) is 16.8 Å². The van der Waals surface area contributed by atoms with Crippen LogP contribution in [0.1, 0.15) is 23.7 Å². The van der Waals surface area contributed by atoms with Gasteiger partial charge in [-0.2, -0.15) is 36.5 Å². The van der Waals surface area contributed by atoms with Crippen molar-refractivity contribution in [3.05, 3.63) is 71.4 Å². The number of nitrogens with zero attached hydrogens (tertiary/aromatic N) is 7. The molecule has 0 aliphatic carbocycles. The van der Waals surface area contributed by atoms with Crippen LogP contribution in [0.4, 0.5) is 26.3 Å². The zero-order chi connectivity index (χ0) is 24.9. The number of aromatic nitrogens is 5. The molecule has 34 heavy (non-hydrogen) atoms. The van der Waals surface area contributed by atoms with Gasteiger partial charge in [-0.1, -0.05) is 0 Å². The first-order valence-electron chi connectivity index (χ1n) is 9.34. The molecule has 0 saturated heterocycles. The van der Waals surface area contributed by atoms with Crippen LogP contribution in [-0.4, -0.2) is 38.0 Å². The van der Waals surface area contributed by atoms with Crippen LogP contribution in [0.2, 0.25) is 0 Å². The summed E-state index contributed by atoms with van der Waals surface area (Å²) in [6, 6.07) is 4.44. The predicted octanol–water partition coefficient (Wildman–Crippen LogP) is 5.40. The Labute approximate surface area is 188 Å². The molecule has 13 heteroatoms. The summed E-state index contributed by atoms with van der Waals surface area (Å²) in [5.41, 5.74) is -1.91. The Morgan fingerprint density at radius 3 is 2.29 bits per heavy atom. The molecule has 0 atom stereocenters. The summed E-state index contributed by atoms with van der Waals surface area (Å²) in [4.78, 5) is 11.3. The second kappa shape index (κ2) is 9.77. The maximum absolute atomic E-state index is 13.2. The number of alkyl halides is 6. The van der Waals surface area contributed by atoms with Gasteiger partial charge in [0, 0.05) is 29.7 Å². The highest BCUT2D eigenvalue weighted by Gasteiger charge is 2.37. The number of rotatable bonds is 6. The summed E-state index contributed by atoms with van der Waals surface area (Å²) in [6.45, 7) is 4.97. The Hall–Kier alpha value is -4.16. The van der Waals surface area contributed by atoms with Crippen LogP contribution in [0.3, 0.4) is 0 Å². The minimum absolute atomic E-state index is 0.0410. The lowest BCUT2D eigenvalue weighted by Gasteiger charge is -2.13. The highest BCUT2D eigenvalue weighted by molar-refractivity contribution is 5.84. The first-order valence-corrected chi connectivity index (χ1v) is 9.34. The van der Waals surface area contributed by atoms with E-state index in [1.54, 1.807) is 19.1 Å². The molecule has 2 aromatic heterocycles. The number of benzene rings is 1. The maximum Gasteiger partial charge on any atom is 0.416 e. The summed E-state index contributed by atoms with van der Waals surface area (Å²) >= 11 is 0. The van der Waals surface area contributed by atoms with E-state index in [4.69, 9.17) is 0 Å². The molecule has 0 radical (unpaired) electrons. The Balaban J connectivity index is 2.09. The Morgan fingerprint density at radius 1 is 1.06 bits per heavy atom. The molecule has 7 nitrogen and oxygen atoms in total. The third-order valence-electron chi connectivity index (χ3n) is 4.31. The Kier molecular flexibility index (Phi) is 7.03. The third-order valence-corrected chi connectivity index (χ3v) is 4.31. The van der Waals surface area contributed by atoms with Gasteiger partial charge in [-0.05, 0) is 49.5 Å². The number of halogens is 6. The monoisotopic (exact) mass is 479 g/mol. The summed E-state index contributed by atoms with van der Waals surface area (Å²) in [6.07, 6.45) is -3.28. The fraction of sp³-hybridized carbons (Fsp3) is 0.143. The Bertz CT molecular complexity index is 1220. The molecule has 176 valence electrons. The number of allylic oxidation sites excluding steroid dienone is 2. The van der Waals surface area contributed by atoms with E-state index in [0.29, 0.717) is 29.0 Å². The van der Waals surface area contributed by atoms with Gasteiger partial charge in [-0.25, -0.2) is 14.7 Å². The molecule has 0 fully saturated rings. The minimum Gasteiger partial charge on any atom is -0.253 e. The van der Waals surface area contributed by atoms with Crippen molar-refractivity contribution in [2.24, 2.45) is 9.98 Å². The molecular formula is C21H15F6N7. The fourth-order valence-electron chi connectivity index (χ4n) is 2.76. The van der Waals surface area contributed by atoms with Gasteiger partial charge in [-0.3, -0.25) is 4.99 Å². The van der Waals surface area contributed by atoms with Crippen molar-refractivity contribution in [2.75, 3.05) is 0 Å². The zero-order valence-electron chi connectivity index (χ0n) is 17.4.